The van der Waals surface area contributed by atoms with Gasteiger partial charge in [0.15, 0.2) is 0 Å². The van der Waals surface area contributed by atoms with E-state index in [0.717, 1.165) is 11.9 Å². The van der Waals surface area contributed by atoms with Crippen LogP contribution >= 0.6 is 0 Å². The van der Waals surface area contributed by atoms with Gasteiger partial charge in [-0.05, 0) is 24.3 Å². The van der Waals surface area contributed by atoms with Crippen molar-refractivity contribution in [3.05, 3.63) is 59.4 Å². The summed E-state index contributed by atoms with van der Waals surface area (Å²) in [5.41, 5.74) is 2.14. The molecule has 0 amide bonds. The summed E-state index contributed by atoms with van der Waals surface area (Å²) < 4.78 is 12.8. The van der Waals surface area contributed by atoms with Crippen LogP contribution in [0.25, 0.3) is 0 Å². The highest BCUT2D eigenvalue weighted by molar-refractivity contribution is 5.92. The van der Waals surface area contributed by atoms with E-state index >= 15 is 0 Å². The molecular weight excluding hydrogens is 247 g/mol. The molecule has 19 heavy (non-hydrogen) atoms. The second-order valence-corrected chi connectivity index (χ2v) is 3.99. The number of nitrogens with one attached hydrogen (secondary N) is 1. The zero-order valence-electron chi connectivity index (χ0n) is 9.93. The molecule has 4 N–H and O–H groups in total. The van der Waals surface area contributed by atoms with Gasteiger partial charge in [-0.25, -0.2) is 9.18 Å². The molecule has 0 aliphatic heterocycles. The fraction of sp³-hybridized carbons (Fsp3) is 0. The van der Waals surface area contributed by atoms with Crippen LogP contribution in [0.2, 0.25) is 0 Å². The molecule has 0 unspecified atom stereocenters. The summed E-state index contributed by atoms with van der Waals surface area (Å²) in [5, 5.41) is 18.0. The predicted octanol–water partition coefficient (Wildman–Crippen LogP) is 2.05. The Morgan fingerprint density at radius 3 is 2.47 bits per heavy atom. The molecule has 0 atom stereocenters. The number of carboxylic acid groups (broad SMARTS) is 1. The number of aromatic carboxylic acids is 1. The van der Waals surface area contributed by atoms with E-state index < -0.39 is 5.97 Å². The van der Waals surface area contributed by atoms with Crippen LogP contribution in [0.5, 0.6) is 0 Å². The number of halogens is 1. The number of hydrogen-bond acceptors (Lipinski definition) is 2. The lowest BCUT2D eigenvalue weighted by Gasteiger charge is -2.05. The van der Waals surface area contributed by atoms with Crippen molar-refractivity contribution >= 4 is 23.6 Å². The van der Waals surface area contributed by atoms with Gasteiger partial charge in [-0.15, -0.1) is 0 Å². The summed E-state index contributed by atoms with van der Waals surface area (Å²) >= 11 is 0. The van der Waals surface area contributed by atoms with Gasteiger partial charge in [-0.2, -0.15) is 0 Å². The first kappa shape index (κ1) is 12.9. The van der Waals surface area contributed by atoms with Gasteiger partial charge in [0.25, 0.3) is 0 Å². The van der Waals surface area contributed by atoms with Gasteiger partial charge in [-0.3, -0.25) is 5.32 Å². The highest BCUT2D eigenvalue weighted by Crippen LogP contribution is 2.13. The maximum atomic E-state index is 12.8. The van der Waals surface area contributed by atoms with Crippen molar-refractivity contribution in [1.82, 2.24) is 0 Å². The fourth-order valence-electron chi connectivity index (χ4n) is 1.70. The van der Waals surface area contributed by atoms with E-state index in [9.17, 15) is 9.18 Å². The zero-order valence-corrected chi connectivity index (χ0v) is 9.93. The van der Waals surface area contributed by atoms with Crippen molar-refractivity contribution in [2.75, 3.05) is 0 Å². The molecule has 0 bridgehead atoms. The summed E-state index contributed by atoms with van der Waals surface area (Å²) in [6.45, 7) is 0. The molecule has 96 valence electrons. The van der Waals surface area contributed by atoms with Crippen LogP contribution in [0.15, 0.2) is 42.5 Å². The lowest BCUT2D eigenvalue weighted by molar-refractivity contribution is -0.478. The van der Waals surface area contributed by atoms with Gasteiger partial charge in [0.1, 0.15) is 17.2 Å². The number of benzene rings is 2. The molecule has 2 aromatic carbocycles. The lowest BCUT2D eigenvalue weighted by Crippen LogP contribution is -2.71. The van der Waals surface area contributed by atoms with Crippen LogP contribution < -0.4 is 5.32 Å². The average molecular weight is 259 g/mol. The third kappa shape index (κ3) is 3.02. The molecule has 2 rings (SSSR count). The molecule has 0 aliphatic rings. The largest absolute Gasteiger partial charge is 0.478 e. The standard InChI is InChI=1S/C14H11FN2O2/c15-11-2-4-12(5-3-11)17-13-6-1-9(14(18)19)7-10(13)8-16/h1-8,16-17H,(H,18,19)/p+1. The van der Waals surface area contributed by atoms with Crippen LogP contribution in [0.4, 0.5) is 15.8 Å². The number of rotatable bonds is 4. The van der Waals surface area contributed by atoms with Gasteiger partial charge in [0, 0.05) is 24.4 Å². The summed E-state index contributed by atoms with van der Waals surface area (Å²) in [4.78, 5) is 10.8. The van der Waals surface area contributed by atoms with Crippen LogP contribution in [-0.4, -0.2) is 17.3 Å². The predicted molar refractivity (Wildman–Crippen MR) is 68.9 cm³/mol. The summed E-state index contributed by atoms with van der Waals surface area (Å²) in [6, 6.07) is 10.5. The van der Waals surface area contributed by atoms with Gasteiger partial charge in [-0.1, -0.05) is 0 Å². The molecule has 0 spiro atoms. The molecule has 0 fully saturated rings. The van der Waals surface area contributed by atoms with E-state index in [1.165, 1.54) is 24.3 Å². The van der Waals surface area contributed by atoms with Gasteiger partial charge in [0.2, 0.25) is 0 Å². The lowest BCUT2D eigenvalue weighted by atomic mass is 10.1. The quantitative estimate of drug-likeness (QED) is 0.580. The van der Waals surface area contributed by atoms with Crippen molar-refractivity contribution in [1.29, 1.82) is 5.41 Å². The molecule has 0 aromatic heterocycles. The van der Waals surface area contributed by atoms with Crippen molar-refractivity contribution in [2.45, 2.75) is 0 Å². The Labute approximate surface area is 109 Å². The molecule has 0 saturated heterocycles. The minimum Gasteiger partial charge on any atom is -0.478 e. The Kier molecular flexibility index (Phi) is 3.68. The first-order valence-corrected chi connectivity index (χ1v) is 5.58. The van der Waals surface area contributed by atoms with Crippen molar-refractivity contribution < 1.29 is 19.6 Å². The van der Waals surface area contributed by atoms with Crippen LogP contribution in [-0.2, 0) is 0 Å². The molecule has 0 radical (unpaired) electrons. The molecule has 5 heteroatoms. The second-order valence-electron chi connectivity index (χ2n) is 3.99. The van der Waals surface area contributed by atoms with Crippen molar-refractivity contribution in [3.8, 4) is 0 Å². The molecule has 2 aromatic rings. The zero-order chi connectivity index (χ0) is 13.8. The van der Waals surface area contributed by atoms with Crippen molar-refractivity contribution in [2.24, 2.45) is 0 Å². The minimum absolute atomic E-state index is 0.134. The smallest absolute Gasteiger partial charge is 0.335 e. The number of nitrogens with two attached hydrogens (primary N) is 1. The SMILES string of the molecule is N=Cc1cc(C(=O)O)ccc1[NH2+]c1ccc(F)cc1. The van der Waals surface area contributed by atoms with Gasteiger partial charge < -0.3 is 10.5 Å². The Bertz CT molecular complexity index is 624. The third-order valence-corrected chi connectivity index (χ3v) is 2.68. The molecular formula is C14H12FN2O2+. The van der Waals surface area contributed by atoms with Crippen LogP contribution in [0, 0.1) is 11.2 Å². The maximum absolute atomic E-state index is 12.8. The molecule has 4 nitrogen and oxygen atoms in total. The molecule has 0 aliphatic carbocycles. The van der Waals surface area contributed by atoms with Gasteiger partial charge >= 0.3 is 5.97 Å². The van der Waals surface area contributed by atoms with Gasteiger partial charge in [0.05, 0.1) is 11.1 Å². The minimum atomic E-state index is -1.03. The second kappa shape index (κ2) is 5.41. The van der Waals surface area contributed by atoms with E-state index in [1.807, 2.05) is 0 Å². The number of carboxylic acids is 1. The summed E-state index contributed by atoms with van der Waals surface area (Å²) in [7, 11) is 0. The normalized spacial score (nSPS) is 10.2. The van der Waals surface area contributed by atoms with Crippen LogP contribution in [0.3, 0.4) is 0 Å². The van der Waals surface area contributed by atoms with E-state index in [1.54, 1.807) is 23.5 Å². The van der Waals surface area contributed by atoms with Crippen LogP contribution in [0.1, 0.15) is 15.9 Å². The van der Waals surface area contributed by atoms with E-state index in [2.05, 4.69) is 0 Å². The molecule has 0 saturated carbocycles. The first-order valence-electron chi connectivity index (χ1n) is 5.58. The fourth-order valence-corrected chi connectivity index (χ4v) is 1.70. The van der Waals surface area contributed by atoms with E-state index in [4.69, 9.17) is 10.5 Å². The monoisotopic (exact) mass is 259 g/mol. The Hall–Kier alpha value is -2.53. The number of quaternary nitrogens is 1. The summed E-state index contributed by atoms with van der Waals surface area (Å²) in [6.07, 6.45) is 1.10. The summed E-state index contributed by atoms with van der Waals surface area (Å²) in [5.74, 6) is -1.35. The Balaban J connectivity index is 2.32. The van der Waals surface area contributed by atoms with E-state index in [0.29, 0.717) is 11.3 Å². The van der Waals surface area contributed by atoms with Crippen molar-refractivity contribution in [3.63, 3.8) is 0 Å². The Morgan fingerprint density at radius 2 is 1.89 bits per heavy atom. The molecule has 0 heterocycles. The topological polar surface area (TPSA) is 77.8 Å². The number of carbonyl (C=O) groups is 1. The average Bonchev–Trinajstić information content (AvgIpc) is 2.41. The highest BCUT2D eigenvalue weighted by atomic mass is 19.1. The maximum Gasteiger partial charge on any atom is 0.335 e. The Morgan fingerprint density at radius 1 is 1.21 bits per heavy atom. The first-order chi connectivity index (χ1) is 9.10. The highest BCUT2D eigenvalue weighted by Gasteiger charge is 2.10. The van der Waals surface area contributed by atoms with E-state index in [-0.39, 0.29) is 11.4 Å². The third-order valence-electron chi connectivity index (χ3n) is 2.68. The number of hydrogen-bond donors (Lipinski definition) is 3.